The minimum Gasteiger partial charge on any atom is -0.360 e. The van der Waals surface area contributed by atoms with Gasteiger partial charge >= 0.3 is 0 Å². The van der Waals surface area contributed by atoms with Crippen molar-refractivity contribution in [1.29, 1.82) is 0 Å². The van der Waals surface area contributed by atoms with E-state index in [9.17, 15) is 14.0 Å². The van der Waals surface area contributed by atoms with Crippen LogP contribution in [-0.2, 0) is 9.59 Å². The molecule has 2 amide bonds. The summed E-state index contributed by atoms with van der Waals surface area (Å²) < 4.78 is 19.9. The van der Waals surface area contributed by atoms with E-state index in [1.807, 2.05) is 18.7 Å². The first-order chi connectivity index (χ1) is 16.3. The van der Waals surface area contributed by atoms with Gasteiger partial charge in [-0.25, -0.2) is 9.07 Å². The van der Waals surface area contributed by atoms with Crippen LogP contribution in [0.15, 0.2) is 40.9 Å². The Labute approximate surface area is 196 Å². The molecule has 0 unspecified atom stereocenters. The Kier molecular flexibility index (Phi) is 6.87. The zero-order valence-corrected chi connectivity index (χ0v) is 19.4. The van der Waals surface area contributed by atoms with Crippen LogP contribution in [0.2, 0.25) is 0 Å². The third-order valence-electron chi connectivity index (χ3n) is 5.76. The smallest absolute Gasteiger partial charge is 0.246 e. The molecular weight excluding hydrogens is 439 g/mol. The first-order valence-electron chi connectivity index (χ1n) is 11.0. The van der Waals surface area contributed by atoms with E-state index in [1.54, 1.807) is 46.9 Å². The van der Waals surface area contributed by atoms with Crippen molar-refractivity contribution >= 4 is 23.7 Å². The van der Waals surface area contributed by atoms with Crippen molar-refractivity contribution < 1.29 is 18.5 Å². The Hall–Kier alpha value is -3.79. The molecule has 0 radical (unpaired) electrons. The molecule has 1 saturated heterocycles. The Morgan fingerprint density at radius 1 is 1.12 bits per heavy atom. The fraction of sp³-hybridized carbons (Fsp3) is 0.333. The van der Waals surface area contributed by atoms with Gasteiger partial charge in [-0.3, -0.25) is 14.5 Å². The van der Waals surface area contributed by atoms with Crippen LogP contribution in [0.4, 0.5) is 10.2 Å². The first kappa shape index (κ1) is 23.4. The van der Waals surface area contributed by atoms with Crippen molar-refractivity contribution in [2.45, 2.75) is 20.8 Å². The molecule has 2 aromatic heterocycles. The normalized spacial score (nSPS) is 14.6. The molecule has 0 saturated carbocycles. The molecule has 3 aromatic rings. The molecule has 4 rings (SSSR count). The average Bonchev–Trinajstić information content (AvgIpc) is 3.34. The number of aromatic nitrogens is 3. The fourth-order valence-electron chi connectivity index (χ4n) is 3.93. The lowest BCUT2D eigenvalue weighted by Gasteiger charge is -2.33. The highest BCUT2D eigenvalue weighted by atomic mass is 19.1. The third kappa shape index (κ3) is 5.40. The van der Waals surface area contributed by atoms with Gasteiger partial charge < -0.3 is 14.7 Å². The van der Waals surface area contributed by atoms with Crippen LogP contribution in [0, 0.1) is 26.6 Å². The number of carbonyl (C=O) groups excluding carboxylic acids is 2. The summed E-state index contributed by atoms with van der Waals surface area (Å²) in [6, 6.07) is 7.78. The molecule has 0 spiro atoms. The van der Waals surface area contributed by atoms with Crippen LogP contribution in [0.3, 0.4) is 0 Å². The second-order valence-corrected chi connectivity index (χ2v) is 8.28. The molecule has 1 aliphatic heterocycles. The second-order valence-electron chi connectivity index (χ2n) is 8.28. The average molecular weight is 467 g/mol. The van der Waals surface area contributed by atoms with Gasteiger partial charge in [-0.2, -0.15) is 5.10 Å². The lowest BCUT2D eigenvalue weighted by molar-refractivity contribution is -0.127. The Bertz CT molecular complexity index is 1210. The molecule has 178 valence electrons. The number of halogens is 1. The minimum atomic E-state index is -0.304. The molecule has 1 fully saturated rings. The van der Waals surface area contributed by atoms with Gasteiger partial charge in [0.05, 0.1) is 17.9 Å². The lowest BCUT2D eigenvalue weighted by Crippen LogP contribution is -2.50. The van der Waals surface area contributed by atoms with Gasteiger partial charge in [-0.05, 0) is 51.1 Å². The van der Waals surface area contributed by atoms with Crippen molar-refractivity contribution in [3.05, 3.63) is 64.9 Å². The maximum Gasteiger partial charge on any atom is 0.246 e. The molecule has 34 heavy (non-hydrogen) atoms. The highest BCUT2D eigenvalue weighted by Crippen LogP contribution is 2.20. The predicted molar refractivity (Wildman–Crippen MR) is 125 cm³/mol. The van der Waals surface area contributed by atoms with Crippen LogP contribution in [-0.4, -0.2) is 69.3 Å². The zero-order chi connectivity index (χ0) is 24.2. The highest BCUT2D eigenvalue weighted by Gasteiger charge is 2.22. The van der Waals surface area contributed by atoms with Gasteiger partial charge in [0.1, 0.15) is 11.6 Å². The number of nitrogens with one attached hydrogen (secondary N) is 1. The molecule has 0 atom stereocenters. The highest BCUT2D eigenvalue weighted by molar-refractivity contribution is 5.92. The van der Waals surface area contributed by atoms with Gasteiger partial charge in [0.25, 0.3) is 0 Å². The largest absolute Gasteiger partial charge is 0.360 e. The van der Waals surface area contributed by atoms with Crippen LogP contribution >= 0.6 is 0 Å². The summed E-state index contributed by atoms with van der Waals surface area (Å²) in [5.74, 6) is 0.466. The molecule has 3 heterocycles. The summed E-state index contributed by atoms with van der Waals surface area (Å²) in [6.45, 7) is 8.05. The number of nitrogens with zero attached hydrogens (tertiary/aromatic N) is 5. The topological polar surface area (TPSA) is 96.5 Å². The van der Waals surface area contributed by atoms with E-state index >= 15 is 0 Å². The molecule has 9 nitrogen and oxygen atoms in total. The van der Waals surface area contributed by atoms with Crippen molar-refractivity contribution in [2.24, 2.45) is 0 Å². The van der Waals surface area contributed by atoms with E-state index in [2.05, 4.69) is 15.6 Å². The summed E-state index contributed by atoms with van der Waals surface area (Å²) in [6.07, 6.45) is 3.33. The van der Waals surface area contributed by atoms with Crippen LogP contribution in [0.1, 0.15) is 22.7 Å². The number of anilines is 1. The van der Waals surface area contributed by atoms with E-state index in [-0.39, 0.29) is 24.2 Å². The van der Waals surface area contributed by atoms with Crippen LogP contribution in [0.5, 0.6) is 0 Å². The standard InChI is InChI=1S/C24H27FN6O3/c1-16-14-22(28-34-16)26-23(32)15-29-10-12-30(13-11-29)24(33)9-8-21-17(2)27-31(18(21)3)20-6-4-19(25)5-7-20/h4-9,14H,10-13,15H2,1-3H3,(H,26,28,32)/b9-8+. The number of hydrogen-bond donors (Lipinski definition) is 1. The summed E-state index contributed by atoms with van der Waals surface area (Å²) in [7, 11) is 0. The Morgan fingerprint density at radius 3 is 2.47 bits per heavy atom. The second kappa shape index (κ2) is 10.0. The van der Waals surface area contributed by atoms with E-state index in [0.29, 0.717) is 37.8 Å². The maximum atomic E-state index is 13.2. The van der Waals surface area contributed by atoms with Crippen LogP contribution < -0.4 is 5.32 Å². The summed E-state index contributed by atoms with van der Waals surface area (Å²) >= 11 is 0. The Balaban J connectivity index is 1.31. The van der Waals surface area contributed by atoms with Gasteiger partial charge in [0.15, 0.2) is 5.82 Å². The number of aryl methyl sites for hydroxylation is 2. The number of rotatable bonds is 6. The zero-order valence-electron chi connectivity index (χ0n) is 19.4. The van der Waals surface area contributed by atoms with Gasteiger partial charge in [0.2, 0.25) is 11.8 Å². The molecule has 0 aliphatic carbocycles. The molecule has 10 heteroatoms. The molecule has 1 aromatic carbocycles. The van der Waals surface area contributed by atoms with E-state index < -0.39 is 0 Å². The molecule has 1 N–H and O–H groups in total. The number of benzene rings is 1. The SMILES string of the molecule is Cc1cc(NC(=O)CN2CCN(C(=O)/C=C/c3c(C)nn(-c4ccc(F)cc4)c3C)CC2)no1. The van der Waals surface area contributed by atoms with Crippen molar-refractivity contribution in [2.75, 3.05) is 38.0 Å². The quantitative estimate of drug-likeness (QED) is 0.561. The third-order valence-corrected chi connectivity index (χ3v) is 5.76. The molecule has 0 bridgehead atoms. The van der Waals surface area contributed by atoms with E-state index in [1.165, 1.54) is 12.1 Å². The monoisotopic (exact) mass is 466 g/mol. The van der Waals surface area contributed by atoms with Gasteiger partial charge in [0, 0.05) is 49.6 Å². The number of piperazine rings is 1. The van der Waals surface area contributed by atoms with Crippen LogP contribution in [0.25, 0.3) is 11.8 Å². The maximum absolute atomic E-state index is 13.2. The minimum absolute atomic E-state index is 0.0875. The summed E-state index contributed by atoms with van der Waals surface area (Å²) in [5.41, 5.74) is 3.26. The van der Waals surface area contributed by atoms with E-state index in [4.69, 9.17) is 4.52 Å². The predicted octanol–water partition coefficient (Wildman–Crippen LogP) is 2.72. The molecular formula is C24H27FN6O3. The van der Waals surface area contributed by atoms with Crippen molar-refractivity contribution in [3.63, 3.8) is 0 Å². The number of amides is 2. The first-order valence-corrected chi connectivity index (χ1v) is 11.0. The van der Waals surface area contributed by atoms with Gasteiger partial charge in [-0.15, -0.1) is 0 Å². The van der Waals surface area contributed by atoms with E-state index in [0.717, 1.165) is 22.6 Å². The number of carbonyl (C=O) groups is 2. The summed E-state index contributed by atoms with van der Waals surface area (Å²) in [4.78, 5) is 28.7. The fourth-order valence-corrected chi connectivity index (χ4v) is 3.93. The van der Waals surface area contributed by atoms with Crippen molar-refractivity contribution in [3.8, 4) is 5.69 Å². The summed E-state index contributed by atoms with van der Waals surface area (Å²) in [5, 5.41) is 11.0. The Morgan fingerprint density at radius 2 is 1.82 bits per heavy atom. The molecule has 1 aliphatic rings. The number of hydrogen-bond acceptors (Lipinski definition) is 6. The van der Waals surface area contributed by atoms with Gasteiger partial charge in [-0.1, -0.05) is 5.16 Å². The lowest BCUT2D eigenvalue weighted by atomic mass is 10.1. The van der Waals surface area contributed by atoms with Crippen molar-refractivity contribution in [1.82, 2.24) is 24.7 Å².